The van der Waals surface area contributed by atoms with E-state index in [1.807, 2.05) is 24.3 Å². The Bertz CT molecular complexity index is 626. The van der Waals surface area contributed by atoms with Crippen LogP contribution in [0.1, 0.15) is 31.9 Å². The molecule has 1 amide bonds. The summed E-state index contributed by atoms with van der Waals surface area (Å²) in [5.41, 5.74) is 2.72. The van der Waals surface area contributed by atoms with Crippen LogP contribution in [0, 0.1) is 5.82 Å². The van der Waals surface area contributed by atoms with Gasteiger partial charge in [-0.2, -0.15) is 0 Å². The van der Waals surface area contributed by atoms with Crippen LogP contribution in [0.25, 0.3) is 0 Å². The van der Waals surface area contributed by atoms with Gasteiger partial charge in [0.2, 0.25) is 5.91 Å². The van der Waals surface area contributed by atoms with Gasteiger partial charge in [0.05, 0.1) is 6.42 Å². The Kier molecular flexibility index (Phi) is 4.41. The van der Waals surface area contributed by atoms with Crippen LogP contribution in [0.4, 0.5) is 10.1 Å². The molecule has 0 bridgehead atoms. The van der Waals surface area contributed by atoms with Gasteiger partial charge in [0.15, 0.2) is 0 Å². The van der Waals surface area contributed by atoms with Gasteiger partial charge in [-0.1, -0.05) is 45.0 Å². The lowest BCUT2D eigenvalue weighted by Gasteiger charge is -2.19. The average Bonchev–Trinajstić information content (AvgIpc) is 2.38. The van der Waals surface area contributed by atoms with E-state index in [2.05, 4.69) is 26.1 Å². The number of amides is 1. The Morgan fingerprint density at radius 3 is 2.33 bits per heavy atom. The van der Waals surface area contributed by atoms with Crippen LogP contribution in [0.3, 0.4) is 0 Å². The van der Waals surface area contributed by atoms with Crippen molar-refractivity contribution < 1.29 is 9.18 Å². The maximum absolute atomic E-state index is 13.1. The zero-order chi connectivity index (χ0) is 15.5. The molecule has 0 fully saturated rings. The minimum Gasteiger partial charge on any atom is -0.326 e. The third-order valence-corrected chi connectivity index (χ3v) is 3.29. The van der Waals surface area contributed by atoms with E-state index in [0.717, 1.165) is 5.69 Å². The summed E-state index contributed by atoms with van der Waals surface area (Å²) in [6, 6.07) is 13.9. The molecule has 0 heterocycles. The number of halogens is 1. The summed E-state index contributed by atoms with van der Waals surface area (Å²) in [6.07, 6.45) is 0.165. The lowest BCUT2D eigenvalue weighted by molar-refractivity contribution is -0.115. The van der Waals surface area contributed by atoms with Crippen LogP contribution in [-0.2, 0) is 16.6 Å². The molecular formula is C18H20FNO. The quantitative estimate of drug-likeness (QED) is 0.894. The maximum atomic E-state index is 13.1. The number of carbonyl (C=O) groups excluding carboxylic acids is 1. The first-order valence-electron chi connectivity index (χ1n) is 6.99. The molecule has 0 atom stereocenters. The van der Waals surface area contributed by atoms with Gasteiger partial charge >= 0.3 is 0 Å². The van der Waals surface area contributed by atoms with Gasteiger partial charge in [-0.05, 0) is 40.8 Å². The van der Waals surface area contributed by atoms with Crippen molar-refractivity contribution in [3.8, 4) is 0 Å². The molecule has 0 saturated heterocycles. The average molecular weight is 285 g/mol. The molecule has 0 aliphatic heterocycles. The Morgan fingerprint density at radius 1 is 1.10 bits per heavy atom. The minimum absolute atomic E-state index is 0.0874. The zero-order valence-corrected chi connectivity index (χ0v) is 12.6. The van der Waals surface area contributed by atoms with Crippen molar-refractivity contribution in [3.05, 3.63) is 65.5 Å². The van der Waals surface area contributed by atoms with Crippen LogP contribution in [0.15, 0.2) is 48.5 Å². The summed E-state index contributed by atoms with van der Waals surface area (Å²) in [7, 11) is 0. The van der Waals surface area contributed by atoms with Gasteiger partial charge in [-0.3, -0.25) is 4.79 Å². The number of anilines is 1. The molecule has 0 radical (unpaired) electrons. The molecule has 0 unspecified atom stereocenters. The molecule has 2 nitrogen and oxygen atoms in total. The third kappa shape index (κ3) is 4.42. The fraction of sp³-hybridized carbons (Fsp3) is 0.278. The summed E-state index contributed by atoms with van der Waals surface area (Å²) in [4.78, 5) is 11.9. The first kappa shape index (κ1) is 15.2. The van der Waals surface area contributed by atoms with Crippen molar-refractivity contribution in [2.24, 2.45) is 0 Å². The van der Waals surface area contributed by atoms with Crippen LogP contribution >= 0.6 is 0 Å². The largest absolute Gasteiger partial charge is 0.326 e. The second kappa shape index (κ2) is 6.08. The Labute approximate surface area is 125 Å². The fourth-order valence-electron chi connectivity index (χ4n) is 2.09. The van der Waals surface area contributed by atoms with Crippen molar-refractivity contribution in [1.29, 1.82) is 0 Å². The van der Waals surface area contributed by atoms with Gasteiger partial charge in [-0.15, -0.1) is 0 Å². The van der Waals surface area contributed by atoms with Gasteiger partial charge in [0.1, 0.15) is 5.82 Å². The predicted octanol–water partition coefficient (Wildman–Crippen LogP) is 4.30. The van der Waals surface area contributed by atoms with E-state index in [4.69, 9.17) is 0 Å². The highest BCUT2D eigenvalue weighted by Gasteiger charge is 2.13. The topological polar surface area (TPSA) is 29.1 Å². The Morgan fingerprint density at radius 2 is 1.76 bits per heavy atom. The SMILES string of the molecule is CC(C)(C)c1ccc(NC(=O)Cc2cccc(F)c2)cc1. The molecule has 0 aromatic heterocycles. The van der Waals surface area contributed by atoms with Crippen molar-refractivity contribution in [2.45, 2.75) is 32.6 Å². The standard InChI is InChI=1S/C18H20FNO/c1-18(2,3)14-7-9-16(10-8-14)20-17(21)12-13-5-4-6-15(19)11-13/h4-11H,12H2,1-3H3,(H,20,21). The molecule has 2 rings (SSSR count). The molecular weight excluding hydrogens is 265 g/mol. The monoisotopic (exact) mass is 285 g/mol. The molecule has 3 heteroatoms. The lowest BCUT2D eigenvalue weighted by Crippen LogP contribution is -2.15. The molecule has 21 heavy (non-hydrogen) atoms. The highest BCUT2D eigenvalue weighted by molar-refractivity contribution is 5.92. The van der Waals surface area contributed by atoms with Crippen LogP contribution in [0.5, 0.6) is 0 Å². The summed E-state index contributed by atoms with van der Waals surface area (Å²) in [5, 5.41) is 2.83. The third-order valence-electron chi connectivity index (χ3n) is 3.29. The molecule has 1 N–H and O–H groups in total. The first-order chi connectivity index (χ1) is 9.84. The number of nitrogens with one attached hydrogen (secondary N) is 1. The lowest BCUT2D eigenvalue weighted by atomic mass is 9.87. The summed E-state index contributed by atoms with van der Waals surface area (Å²) < 4.78 is 13.1. The smallest absolute Gasteiger partial charge is 0.228 e. The molecule has 0 spiro atoms. The van der Waals surface area contributed by atoms with Crippen LogP contribution < -0.4 is 5.32 Å². The highest BCUT2D eigenvalue weighted by Crippen LogP contribution is 2.23. The second-order valence-electron chi connectivity index (χ2n) is 6.18. The van der Waals surface area contributed by atoms with Crippen LogP contribution in [-0.4, -0.2) is 5.91 Å². The number of rotatable bonds is 3. The maximum Gasteiger partial charge on any atom is 0.228 e. The van der Waals surface area contributed by atoms with E-state index in [-0.39, 0.29) is 23.6 Å². The summed E-state index contributed by atoms with van der Waals surface area (Å²) in [5.74, 6) is -0.473. The Balaban J connectivity index is 2.00. The molecule has 0 aliphatic rings. The summed E-state index contributed by atoms with van der Waals surface area (Å²) in [6.45, 7) is 6.43. The number of benzene rings is 2. The molecule has 2 aromatic rings. The number of hydrogen-bond acceptors (Lipinski definition) is 1. The van der Waals surface area contributed by atoms with E-state index in [0.29, 0.717) is 5.56 Å². The van der Waals surface area contributed by atoms with Gasteiger partial charge in [0.25, 0.3) is 0 Å². The fourth-order valence-corrected chi connectivity index (χ4v) is 2.09. The van der Waals surface area contributed by atoms with E-state index in [9.17, 15) is 9.18 Å². The van der Waals surface area contributed by atoms with E-state index in [1.54, 1.807) is 12.1 Å². The second-order valence-corrected chi connectivity index (χ2v) is 6.18. The molecule has 2 aromatic carbocycles. The molecule has 0 aliphatic carbocycles. The van der Waals surface area contributed by atoms with Crippen molar-refractivity contribution in [1.82, 2.24) is 0 Å². The van der Waals surface area contributed by atoms with Gasteiger partial charge in [0, 0.05) is 5.69 Å². The van der Waals surface area contributed by atoms with E-state index < -0.39 is 0 Å². The molecule has 0 saturated carbocycles. The number of hydrogen-bond donors (Lipinski definition) is 1. The minimum atomic E-state index is -0.324. The van der Waals surface area contributed by atoms with Crippen molar-refractivity contribution in [2.75, 3.05) is 5.32 Å². The predicted molar refractivity (Wildman–Crippen MR) is 83.9 cm³/mol. The summed E-state index contributed by atoms with van der Waals surface area (Å²) >= 11 is 0. The number of carbonyl (C=O) groups is 1. The highest BCUT2D eigenvalue weighted by atomic mass is 19.1. The van der Waals surface area contributed by atoms with E-state index in [1.165, 1.54) is 17.7 Å². The Hall–Kier alpha value is -2.16. The zero-order valence-electron chi connectivity index (χ0n) is 12.6. The van der Waals surface area contributed by atoms with Crippen molar-refractivity contribution >= 4 is 11.6 Å². The van der Waals surface area contributed by atoms with Gasteiger partial charge < -0.3 is 5.32 Å². The van der Waals surface area contributed by atoms with Crippen molar-refractivity contribution in [3.63, 3.8) is 0 Å². The first-order valence-corrected chi connectivity index (χ1v) is 6.99. The van der Waals surface area contributed by atoms with Crippen LogP contribution in [0.2, 0.25) is 0 Å². The molecule has 110 valence electrons. The normalized spacial score (nSPS) is 11.2. The van der Waals surface area contributed by atoms with Gasteiger partial charge in [-0.25, -0.2) is 4.39 Å². The van der Waals surface area contributed by atoms with E-state index >= 15 is 0 Å².